The molecule has 0 aliphatic heterocycles. The quantitative estimate of drug-likeness (QED) is 0.611. The van der Waals surface area contributed by atoms with Crippen molar-refractivity contribution in [2.24, 2.45) is 0 Å². The first-order chi connectivity index (χ1) is 6.83. The largest absolute Gasteiger partial charge is 0.350 e. The van der Waals surface area contributed by atoms with Gasteiger partial charge in [0.1, 0.15) is 0 Å². The summed E-state index contributed by atoms with van der Waals surface area (Å²) in [6.07, 6.45) is 8.20. The second kappa shape index (κ2) is 6.41. The molecule has 1 saturated carbocycles. The van der Waals surface area contributed by atoms with Crippen molar-refractivity contribution < 1.29 is 9.47 Å². The molecule has 0 radical (unpaired) electrons. The molecule has 0 N–H and O–H groups in total. The van der Waals surface area contributed by atoms with Gasteiger partial charge in [0.05, 0.1) is 0 Å². The van der Waals surface area contributed by atoms with Gasteiger partial charge in [0.2, 0.25) is 0 Å². The van der Waals surface area contributed by atoms with E-state index in [0.717, 1.165) is 38.9 Å². The standard InChI is InChI=1S/C12H24O2/c1-3-10-13-12(14-11-4-2)8-6-5-7-9-12/h3-11H2,1-2H3. The van der Waals surface area contributed by atoms with Crippen LogP contribution in [0.5, 0.6) is 0 Å². The van der Waals surface area contributed by atoms with Gasteiger partial charge in [-0.3, -0.25) is 0 Å². The van der Waals surface area contributed by atoms with Gasteiger partial charge in [-0.15, -0.1) is 0 Å². The normalized spacial score (nSPS) is 21.0. The highest BCUT2D eigenvalue weighted by molar-refractivity contribution is 4.75. The molecule has 1 aliphatic rings. The Kier molecular flexibility index (Phi) is 5.49. The summed E-state index contributed by atoms with van der Waals surface area (Å²) in [4.78, 5) is 0. The van der Waals surface area contributed by atoms with Gasteiger partial charge < -0.3 is 9.47 Å². The van der Waals surface area contributed by atoms with E-state index in [4.69, 9.17) is 9.47 Å². The molecule has 0 unspecified atom stereocenters. The van der Waals surface area contributed by atoms with Crippen LogP contribution in [-0.4, -0.2) is 19.0 Å². The maximum atomic E-state index is 5.90. The van der Waals surface area contributed by atoms with Crippen molar-refractivity contribution in [3.63, 3.8) is 0 Å². The van der Waals surface area contributed by atoms with Crippen LogP contribution in [0.15, 0.2) is 0 Å². The number of hydrogen-bond donors (Lipinski definition) is 0. The van der Waals surface area contributed by atoms with E-state index < -0.39 is 0 Å². The van der Waals surface area contributed by atoms with E-state index in [1.165, 1.54) is 19.3 Å². The Morgan fingerprint density at radius 2 is 1.36 bits per heavy atom. The monoisotopic (exact) mass is 200 g/mol. The molecule has 2 nitrogen and oxygen atoms in total. The molecule has 0 amide bonds. The maximum Gasteiger partial charge on any atom is 0.168 e. The third-order valence-corrected chi connectivity index (χ3v) is 2.75. The van der Waals surface area contributed by atoms with Crippen molar-refractivity contribution in [3.8, 4) is 0 Å². The summed E-state index contributed by atoms with van der Waals surface area (Å²) in [6.45, 7) is 5.97. The van der Waals surface area contributed by atoms with E-state index in [9.17, 15) is 0 Å². The summed E-state index contributed by atoms with van der Waals surface area (Å²) in [5, 5.41) is 0. The van der Waals surface area contributed by atoms with Crippen LogP contribution in [-0.2, 0) is 9.47 Å². The van der Waals surface area contributed by atoms with Crippen molar-refractivity contribution in [2.45, 2.75) is 64.6 Å². The average molecular weight is 200 g/mol. The van der Waals surface area contributed by atoms with Gasteiger partial charge in [-0.25, -0.2) is 0 Å². The zero-order chi connectivity index (χ0) is 10.3. The fourth-order valence-corrected chi connectivity index (χ4v) is 2.00. The Labute approximate surface area is 88.0 Å². The van der Waals surface area contributed by atoms with Crippen molar-refractivity contribution in [3.05, 3.63) is 0 Å². The van der Waals surface area contributed by atoms with Gasteiger partial charge in [-0.05, 0) is 25.7 Å². The molecule has 0 heterocycles. The van der Waals surface area contributed by atoms with Crippen LogP contribution in [0.2, 0.25) is 0 Å². The fourth-order valence-electron chi connectivity index (χ4n) is 2.00. The summed E-state index contributed by atoms with van der Waals surface area (Å²) >= 11 is 0. The van der Waals surface area contributed by atoms with Gasteiger partial charge >= 0.3 is 0 Å². The van der Waals surface area contributed by atoms with E-state index in [2.05, 4.69) is 13.8 Å². The summed E-state index contributed by atoms with van der Waals surface area (Å²) in [5.74, 6) is -0.218. The minimum atomic E-state index is -0.218. The van der Waals surface area contributed by atoms with Gasteiger partial charge in [-0.2, -0.15) is 0 Å². The zero-order valence-corrected chi connectivity index (χ0v) is 9.68. The van der Waals surface area contributed by atoms with Crippen molar-refractivity contribution in [1.29, 1.82) is 0 Å². The minimum Gasteiger partial charge on any atom is -0.350 e. The van der Waals surface area contributed by atoms with Crippen LogP contribution in [0.3, 0.4) is 0 Å². The summed E-state index contributed by atoms with van der Waals surface area (Å²) in [5.41, 5.74) is 0. The van der Waals surface area contributed by atoms with E-state index in [1.807, 2.05) is 0 Å². The Hall–Kier alpha value is -0.0800. The lowest BCUT2D eigenvalue weighted by Crippen LogP contribution is -2.38. The highest BCUT2D eigenvalue weighted by atomic mass is 16.7. The van der Waals surface area contributed by atoms with E-state index in [1.54, 1.807) is 0 Å². The molecule has 0 atom stereocenters. The smallest absolute Gasteiger partial charge is 0.168 e. The highest BCUT2D eigenvalue weighted by Crippen LogP contribution is 2.32. The lowest BCUT2D eigenvalue weighted by Gasteiger charge is -2.37. The van der Waals surface area contributed by atoms with Crippen LogP contribution in [0.1, 0.15) is 58.8 Å². The molecule has 0 bridgehead atoms. The Bertz CT molecular complexity index is 129. The summed E-state index contributed by atoms with van der Waals surface area (Å²) in [6, 6.07) is 0. The molecule has 0 spiro atoms. The van der Waals surface area contributed by atoms with Gasteiger partial charge in [0, 0.05) is 26.1 Å². The van der Waals surface area contributed by atoms with Crippen molar-refractivity contribution in [2.75, 3.05) is 13.2 Å². The molecule has 1 rings (SSSR count). The molecular weight excluding hydrogens is 176 g/mol. The van der Waals surface area contributed by atoms with Crippen molar-refractivity contribution >= 4 is 0 Å². The molecule has 2 heteroatoms. The highest BCUT2D eigenvalue weighted by Gasteiger charge is 2.33. The Morgan fingerprint density at radius 1 is 0.857 bits per heavy atom. The first kappa shape index (κ1) is 12.0. The first-order valence-electron chi connectivity index (χ1n) is 6.11. The van der Waals surface area contributed by atoms with Crippen LogP contribution < -0.4 is 0 Å². The molecule has 0 saturated heterocycles. The van der Waals surface area contributed by atoms with Crippen LogP contribution in [0.25, 0.3) is 0 Å². The van der Waals surface area contributed by atoms with Crippen molar-refractivity contribution in [1.82, 2.24) is 0 Å². The third kappa shape index (κ3) is 3.58. The minimum absolute atomic E-state index is 0.218. The van der Waals surface area contributed by atoms with E-state index in [0.29, 0.717) is 0 Å². The predicted molar refractivity (Wildman–Crippen MR) is 58.3 cm³/mol. The molecule has 1 fully saturated rings. The molecule has 0 aromatic carbocycles. The molecule has 84 valence electrons. The molecule has 1 aliphatic carbocycles. The third-order valence-electron chi connectivity index (χ3n) is 2.75. The fraction of sp³-hybridized carbons (Fsp3) is 1.00. The topological polar surface area (TPSA) is 18.5 Å². The molecule has 14 heavy (non-hydrogen) atoms. The average Bonchev–Trinajstić information content (AvgIpc) is 2.25. The number of rotatable bonds is 6. The van der Waals surface area contributed by atoms with E-state index >= 15 is 0 Å². The number of hydrogen-bond acceptors (Lipinski definition) is 2. The first-order valence-corrected chi connectivity index (χ1v) is 6.11. The predicted octanol–water partition coefficient (Wildman–Crippen LogP) is 3.50. The van der Waals surface area contributed by atoms with Crippen LogP contribution >= 0.6 is 0 Å². The summed E-state index contributed by atoms with van der Waals surface area (Å²) in [7, 11) is 0. The molecule has 0 aromatic heterocycles. The molecular formula is C12H24O2. The van der Waals surface area contributed by atoms with Crippen LogP contribution in [0, 0.1) is 0 Å². The Balaban J connectivity index is 2.39. The van der Waals surface area contributed by atoms with Crippen LogP contribution in [0.4, 0.5) is 0 Å². The lowest BCUT2D eigenvalue weighted by molar-refractivity contribution is -0.252. The second-order valence-electron chi connectivity index (χ2n) is 4.17. The SMILES string of the molecule is CCCOC1(OCCC)CCCCC1. The zero-order valence-electron chi connectivity index (χ0n) is 9.68. The van der Waals surface area contributed by atoms with Gasteiger partial charge in [0.25, 0.3) is 0 Å². The molecule has 0 aromatic rings. The lowest BCUT2D eigenvalue weighted by atomic mass is 9.94. The van der Waals surface area contributed by atoms with Gasteiger partial charge in [-0.1, -0.05) is 20.3 Å². The second-order valence-corrected chi connectivity index (χ2v) is 4.17. The summed E-state index contributed by atoms with van der Waals surface area (Å²) < 4.78 is 11.8. The van der Waals surface area contributed by atoms with E-state index in [-0.39, 0.29) is 5.79 Å². The van der Waals surface area contributed by atoms with Gasteiger partial charge in [0.15, 0.2) is 5.79 Å². The number of ether oxygens (including phenoxy) is 2. The maximum absolute atomic E-state index is 5.90. The Morgan fingerprint density at radius 3 is 1.79 bits per heavy atom.